The highest BCUT2D eigenvalue weighted by Crippen LogP contribution is 2.28. The first-order valence-corrected chi connectivity index (χ1v) is 7.57. The number of ether oxygens (including phenoxy) is 1. The molecular weight excluding hydrogens is 256 g/mol. The van der Waals surface area contributed by atoms with E-state index in [0.717, 1.165) is 38.5 Å². The zero-order valence-corrected chi connectivity index (χ0v) is 11.8. The lowest BCUT2D eigenvalue weighted by atomic mass is 9.87. The van der Waals surface area contributed by atoms with Gasteiger partial charge in [-0.05, 0) is 38.5 Å². The number of nitriles is 1. The summed E-state index contributed by atoms with van der Waals surface area (Å²) < 4.78 is 5.39. The minimum absolute atomic E-state index is 0.107. The van der Waals surface area contributed by atoms with Crippen LogP contribution in [-0.2, 0) is 14.3 Å². The van der Waals surface area contributed by atoms with Gasteiger partial charge in [0.05, 0.1) is 12.0 Å². The third-order valence-electron chi connectivity index (χ3n) is 3.96. The second-order valence-corrected chi connectivity index (χ2v) is 5.72. The number of hydrogen-bond acceptors (Lipinski definition) is 4. The first kappa shape index (κ1) is 14.8. The second-order valence-electron chi connectivity index (χ2n) is 5.72. The van der Waals surface area contributed by atoms with Crippen molar-refractivity contribution >= 4 is 11.9 Å². The number of rotatable bonds is 6. The summed E-state index contributed by atoms with van der Waals surface area (Å²) in [5.41, 5.74) is 0. The second kappa shape index (κ2) is 7.28. The van der Waals surface area contributed by atoms with Crippen LogP contribution in [0.25, 0.3) is 0 Å². The van der Waals surface area contributed by atoms with Crippen LogP contribution in [0.3, 0.4) is 0 Å². The summed E-state index contributed by atoms with van der Waals surface area (Å²) in [6.07, 6.45) is 6.33. The Bertz CT molecular complexity index is 398. The molecule has 2 rings (SSSR count). The van der Waals surface area contributed by atoms with Crippen LogP contribution in [0.4, 0.5) is 0 Å². The van der Waals surface area contributed by atoms with Gasteiger partial charge in [0.1, 0.15) is 6.10 Å². The molecule has 110 valence electrons. The minimum Gasteiger partial charge on any atom is -0.461 e. The molecule has 0 spiro atoms. The zero-order valence-electron chi connectivity index (χ0n) is 11.8. The van der Waals surface area contributed by atoms with E-state index in [-0.39, 0.29) is 29.8 Å². The fraction of sp³-hybridized carbons (Fsp3) is 0.800. The highest BCUT2D eigenvalue weighted by atomic mass is 16.5. The first-order valence-electron chi connectivity index (χ1n) is 7.57. The number of nitrogens with one attached hydrogen (secondary N) is 1. The third-order valence-corrected chi connectivity index (χ3v) is 3.96. The van der Waals surface area contributed by atoms with Crippen LogP contribution in [0.5, 0.6) is 0 Å². The van der Waals surface area contributed by atoms with E-state index in [4.69, 9.17) is 10.00 Å². The van der Waals surface area contributed by atoms with Gasteiger partial charge in [0.15, 0.2) is 0 Å². The summed E-state index contributed by atoms with van der Waals surface area (Å²) in [4.78, 5) is 23.1. The molecule has 2 fully saturated rings. The Kier molecular flexibility index (Phi) is 5.40. The summed E-state index contributed by atoms with van der Waals surface area (Å²) in [7, 11) is 0. The van der Waals surface area contributed by atoms with Gasteiger partial charge in [-0.15, -0.1) is 0 Å². The number of carbonyl (C=O) groups excluding carboxylic acids is 2. The molecule has 0 aliphatic heterocycles. The lowest BCUT2D eigenvalue weighted by Gasteiger charge is -2.26. The molecule has 0 heterocycles. The summed E-state index contributed by atoms with van der Waals surface area (Å²) in [5, 5.41) is 11.8. The molecule has 1 amide bonds. The van der Waals surface area contributed by atoms with Crippen LogP contribution in [-0.4, -0.2) is 24.5 Å². The molecule has 5 heteroatoms. The number of esters is 1. The van der Waals surface area contributed by atoms with E-state index < -0.39 is 0 Å². The van der Waals surface area contributed by atoms with Crippen molar-refractivity contribution in [2.24, 2.45) is 11.8 Å². The van der Waals surface area contributed by atoms with Crippen molar-refractivity contribution in [3.05, 3.63) is 0 Å². The summed E-state index contributed by atoms with van der Waals surface area (Å²) in [5.74, 6) is -0.0872. The number of hydrogen-bond donors (Lipinski definition) is 1. The largest absolute Gasteiger partial charge is 0.461 e. The molecule has 0 aromatic carbocycles. The van der Waals surface area contributed by atoms with E-state index in [2.05, 4.69) is 11.4 Å². The van der Waals surface area contributed by atoms with Gasteiger partial charge in [0.2, 0.25) is 5.91 Å². The molecule has 2 aliphatic carbocycles. The number of amides is 1. The lowest BCUT2D eigenvalue weighted by molar-refractivity contribution is -0.152. The molecule has 1 N–H and O–H groups in total. The van der Waals surface area contributed by atoms with Crippen LogP contribution in [0.15, 0.2) is 0 Å². The molecule has 0 radical (unpaired) electrons. The summed E-state index contributed by atoms with van der Waals surface area (Å²) >= 11 is 0. The van der Waals surface area contributed by atoms with Crippen molar-refractivity contribution < 1.29 is 14.3 Å². The quantitative estimate of drug-likeness (QED) is 0.594. The van der Waals surface area contributed by atoms with Gasteiger partial charge in [-0.2, -0.15) is 5.26 Å². The van der Waals surface area contributed by atoms with Crippen LogP contribution in [0.1, 0.15) is 51.4 Å². The van der Waals surface area contributed by atoms with Crippen molar-refractivity contribution in [3.8, 4) is 6.07 Å². The molecule has 0 aromatic rings. The molecule has 2 atom stereocenters. The highest BCUT2D eigenvalue weighted by molar-refractivity contribution is 5.80. The maximum Gasteiger partial charge on any atom is 0.306 e. The van der Waals surface area contributed by atoms with Gasteiger partial charge < -0.3 is 10.1 Å². The van der Waals surface area contributed by atoms with Gasteiger partial charge in [-0.25, -0.2) is 0 Å². The standard InChI is InChI=1S/C15H22N2O3/c16-10-12-4-1-2-5-13(12)20-14(18)6-3-9-17-15(19)11-7-8-11/h11-13H,1-9H2,(H,17,19)/t12-,13-/m1/s1. The fourth-order valence-electron chi connectivity index (χ4n) is 2.55. The van der Waals surface area contributed by atoms with Gasteiger partial charge in [0, 0.05) is 18.9 Å². The Balaban J connectivity index is 1.59. The normalized spacial score (nSPS) is 25.6. The van der Waals surface area contributed by atoms with Crippen LogP contribution in [0.2, 0.25) is 0 Å². The summed E-state index contributed by atoms with van der Waals surface area (Å²) in [6.45, 7) is 0.525. The topological polar surface area (TPSA) is 79.2 Å². The predicted molar refractivity (Wildman–Crippen MR) is 72.4 cm³/mol. The SMILES string of the molecule is N#C[C@H]1CCCC[C@H]1OC(=O)CCCNC(=O)C1CC1. The Hall–Kier alpha value is -1.57. The van der Waals surface area contributed by atoms with Crippen molar-refractivity contribution in [2.75, 3.05) is 6.54 Å². The van der Waals surface area contributed by atoms with Crippen LogP contribution in [0, 0.1) is 23.2 Å². The molecule has 0 unspecified atom stereocenters. The Morgan fingerprint density at radius 3 is 2.65 bits per heavy atom. The van der Waals surface area contributed by atoms with Gasteiger partial charge in [-0.1, -0.05) is 6.42 Å². The minimum atomic E-state index is -0.252. The van der Waals surface area contributed by atoms with E-state index in [1.807, 2.05) is 0 Å². The summed E-state index contributed by atoms with van der Waals surface area (Å²) in [6, 6.07) is 2.23. The average molecular weight is 278 g/mol. The van der Waals surface area contributed by atoms with Crippen molar-refractivity contribution in [2.45, 2.75) is 57.5 Å². The van der Waals surface area contributed by atoms with Gasteiger partial charge in [-0.3, -0.25) is 9.59 Å². The van der Waals surface area contributed by atoms with E-state index in [0.29, 0.717) is 19.4 Å². The van der Waals surface area contributed by atoms with Crippen LogP contribution >= 0.6 is 0 Å². The predicted octanol–water partition coefficient (Wildman–Crippen LogP) is 1.92. The maximum absolute atomic E-state index is 11.7. The van der Waals surface area contributed by atoms with Crippen LogP contribution < -0.4 is 5.32 Å². The molecule has 0 aromatic heterocycles. The molecular formula is C15H22N2O3. The third kappa shape index (κ3) is 4.52. The average Bonchev–Trinajstić information content (AvgIpc) is 3.28. The Morgan fingerprint density at radius 1 is 1.20 bits per heavy atom. The van der Waals surface area contributed by atoms with E-state index in [9.17, 15) is 9.59 Å². The van der Waals surface area contributed by atoms with E-state index >= 15 is 0 Å². The number of nitrogens with zero attached hydrogens (tertiary/aromatic N) is 1. The Morgan fingerprint density at radius 2 is 1.95 bits per heavy atom. The first-order chi connectivity index (χ1) is 9.70. The molecule has 5 nitrogen and oxygen atoms in total. The molecule has 0 saturated heterocycles. The fourth-order valence-corrected chi connectivity index (χ4v) is 2.55. The zero-order chi connectivity index (χ0) is 14.4. The highest BCUT2D eigenvalue weighted by Gasteiger charge is 2.29. The van der Waals surface area contributed by atoms with E-state index in [1.54, 1.807) is 0 Å². The van der Waals surface area contributed by atoms with Crippen molar-refractivity contribution in [1.82, 2.24) is 5.32 Å². The molecule has 20 heavy (non-hydrogen) atoms. The lowest BCUT2D eigenvalue weighted by Crippen LogP contribution is -2.30. The van der Waals surface area contributed by atoms with Crippen molar-refractivity contribution in [1.29, 1.82) is 5.26 Å². The van der Waals surface area contributed by atoms with Gasteiger partial charge >= 0.3 is 5.97 Å². The molecule has 0 bridgehead atoms. The molecule has 2 aliphatic rings. The smallest absolute Gasteiger partial charge is 0.306 e. The number of carbonyl (C=O) groups is 2. The maximum atomic E-state index is 11.7. The Labute approximate surface area is 119 Å². The van der Waals surface area contributed by atoms with E-state index in [1.165, 1.54) is 0 Å². The van der Waals surface area contributed by atoms with Gasteiger partial charge in [0.25, 0.3) is 0 Å². The monoisotopic (exact) mass is 278 g/mol. The van der Waals surface area contributed by atoms with Crippen molar-refractivity contribution in [3.63, 3.8) is 0 Å². The molecule has 2 saturated carbocycles.